The molecule has 2 saturated heterocycles. The highest BCUT2D eigenvalue weighted by atomic mass is 32.2. The molecule has 0 bridgehead atoms. The maximum absolute atomic E-state index is 4.40. The molecule has 104 valence electrons. The zero-order valence-corrected chi connectivity index (χ0v) is 12.4. The van der Waals surface area contributed by atoms with E-state index in [0.29, 0.717) is 0 Å². The van der Waals surface area contributed by atoms with Crippen LogP contribution in [0.5, 0.6) is 0 Å². The molecule has 19 heavy (non-hydrogen) atoms. The van der Waals surface area contributed by atoms with E-state index in [1.165, 1.54) is 37.4 Å². The highest BCUT2D eigenvalue weighted by Gasteiger charge is 2.26. The van der Waals surface area contributed by atoms with E-state index < -0.39 is 0 Å². The van der Waals surface area contributed by atoms with Crippen LogP contribution in [0.3, 0.4) is 0 Å². The lowest BCUT2D eigenvalue weighted by Gasteiger charge is -2.40. The summed E-state index contributed by atoms with van der Waals surface area (Å²) in [6.07, 6.45) is 4.22. The second kappa shape index (κ2) is 6.09. The van der Waals surface area contributed by atoms with Crippen molar-refractivity contribution in [2.45, 2.75) is 25.8 Å². The van der Waals surface area contributed by atoms with Crippen molar-refractivity contribution in [1.82, 2.24) is 14.9 Å². The van der Waals surface area contributed by atoms with E-state index in [1.807, 2.05) is 6.92 Å². The Balaban J connectivity index is 1.57. The molecule has 0 saturated carbocycles. The predicted octanol–water partition coefficient (Wildman–Crippen LogP) is 1.80. The van der Waals surface area contributed by atoms with Gasteiger partial charge in [0.1, 0.15) is 12.1 Å². The van der Waals surface area contributed by atoms with Gasteiger partial charge >= 0.3 is 0 Å². The largest absolute Gasteiger partial charge is 0.356 e. The van der Waals surface area contributed by atoms with Crippen LogP contribution < -0.4 is 4.90 Å². The lowest BCUT2D eigenvalue weighted by atomic mass is 10.0. The molecule has 3 rings (SSSR count). The van der Waals surface area contributed by atoms with E-state index in [4.69, 9.17) is 0 Å². The van der Waals surface area contributed by atoms with Crippen LogP contribution in [0, 0.1) is 6.92 Å². The number of aromatic nitrogens is 2. The second-order valence-electron chi connectivity index (χ2n) is 5.38. The molecule has 0 amide bonds. The highest BCUT2D eigenvalue weighted by Crippen LogP contribution is 2.23. The van der Waals surface area contributed by atoms with Crippen molar-refractivity contribution in [3.8, 4) is 0 Å². The monoisotopic (exact) mass is 278 g/mol. The lowest BCUT2D eigenvalue weighted by Crippen LogP contribution is -2.48. The van der Waals surface area contributed by atoms with Crippen LogP contribution in [0.2, 0.25) is 0 Å². The topological polar surface area (TPSA) is 32.3 Å². The fourth-order valence-electron chi connectivity index (χ4n) is 3.02. The Morgan fingerprint density at radius 1 is 1.11 bits per heavy atom. The zero-order chi connectivity index (χ0) is 13.1. The molecule has 0 aliphatic carbocycles. The van der Waals surface area contributed by atoms with E-state index in [1.54, 1.807) is 6.33 Å². The van der Waals surface area contributed by atoms with Gasteiger partial charge in [0.15, 0.2) is 0 Å². The van der Waals surface area contributed by atoms with Crippen LogP contribution in [0.4, 0.5) is 5.82 Å². The van der Waals surface area contributed by atoms with Gasteiger partial charge in [0, 0.05) is 55.5 Å². The van der Waals surface area contributed by atoms with E-state index in [-0.39, 0.29) is 0 Å². The minimum absolute atomic E-state index is 0.792. The molecule has 1 aromatic rings. The quantitative estimate of drug-likeness (QED) is 0.824. The summed E-state index contributed by atoms with van der Waals surface area (Å²) in [6, 6.07) is 2.89. The van der Waals surface area contributed by atoms with Gasteiger partial charge in [-0.15, -0.1) is 0 Å². The van der Waals surface area contributed by atoms with Crippen LogP contribution in [0.25, 0.3) is 0 Å². The van der Waals surface area contributed by atoms with Crippen molar-refractivity contribution in [3.63, 3.8) is 0 Å². The van der Waals surface area contributed by atoms with Crippen molar-refractivity contribution >= 4 is 17.6 Å². The van der Waals surface area contributed by atoms with Gasteiger partial charge in [-0.3, -0.25) is 4.90 Å². The molecule has 0 N–H and O–H groups in total. The molecule has 4 nitrogen and oxygen atoms in total. The Hall–Kier alpha value is -0.810. The van der Waals surface area contributed by atoms with Crippen LogP contribution in [-0.2, 0) is 0 Å². The van der Waals surface area contributed by atoms with Gasteiger partial charge in [-0.25, -0.2) is 9.97 Å². The number of hydrogen-bond acceptors (Lipinski definition) is 5. The van der Waals surface area contributed by atoms with E-state index >= 15 is 0 Å². The molecule has 2 fully saturated rings. The molecule has 0 spiro atoms. The van der Waals surface area contributed by atoms with E-state index in [2.05, 4.69) is 37.6 Å². The van der Waals surface area contributed by atoms with Gasteiger partial charge in [-0.2, -0.15) is 11.8 Å². The first-order valence-electron chi connectivity index (χ1n) is 7.18. The summed E-state index contributed by atoms with van der Waals surface area (Å²) >= 11 is 2.09. The smallest absolute Gasteiger partial charge is 0.132 e. The van der Waals surface area contributed by atoms with E-state index in [0.717, 1.165) is 30.6 Å². The molecule has 1 aromatic heterocycles. The van der Waals surface area contributed by atoms with Crippen LogP contribution >= 0.6 is 11.8 Å². The summed E-state index contributed by atoms with van der Waals surface area (Å²) < 4.78 is 0. The first kappa shape index (κ1) is 13.2. The Labute approximate surface area is 119 Å². The summed E-state index contributed by atoms with van der Waals surface area (Å²) in [6.45, 7) is 6.85. The molecule has 2 aliphatic rings. The number of piperidine rings is 1. The van der Waals surface area contributed by atoms with Crippen molar-refractivity contribution in [2.75, 3.05) is 42.6 Å². The summed E-state index contributed by atoms with van der Waals surface area (Å²) in [5.74, 6) is 3.72. The third kappa shape index (κ3) is 3.20. The molecule has 0 unspecified atom stereocenters. The summed E-state index contributed by atoms with van der Waals surface area (Å²) in [4.78, 5) is 13.7. The van der Waals surface area contributed by atoms with Crippen LogP contribution in [0.1, 0.15) is 18.5 Å². The number of hydrogen-bond donors (Lipinski definition) is 0. The third-order valence-electron chi connectivity index (χ3n) is 4.14. The van der Waals surface area contributed by atoms with Gasteiger partial charge < -0.3 is 4.90 Å². The first-order valence-corrected chi connectivity index (χ1v) is 8.34. The number of aryl methyl sites for hydroxylation is 1. The van der Waals surface area contributed by atoms with Gasteiger partial charge in [-0.1, -0.05) is 0 Å². The maximum atomic E-state index is 4.40. The Morgan fingerprint density at radius 2 is 1.84 bits per heavy atom. The molecule has 3 heterocycles. The van der Waals surface area contributed by atoms with Crippen LogP contribution in [-0.4, -0.2) is 58.6 Å². The lowest BCUT2D eigenvalue weighted by molar-refractivity contribution is 0.185. The number of nitrogens with zero attached hydrogens (tertiary/aromatic N) is 4. The average Bonchev–Trinajstić information content (AvgIpc) is 2.48. The number of rotatable bonds is 2. The van der Waals surface area contributed by atoms with Gasteiger partial charge in [0.2, 0.25) is 0 Å². The SMILES string of the molecule is Cc1cc(N2CCC(N3CCSCC3)CC2)ncn1. The minimum Gasteiger partial charge on any atom is -0.356 e. The molecule has 0 radical (unpaired) electrons. The summed E-state index contributed by atoms with van der Waals surface area (Å²) in [5.41, 5.74) is 1.06. The molecule has 2 aliphatic heterocycles. The van der Waals surface area contributed by atoms with Crippen molar-refractivity contribution in [1.29, 1.82) is 0 Å². The third-order valence-corrected chi connectivity index (χ3v) is 5.08. The number of anilines is 1. The molecular formula is C14H22N4S. The number of thioether (sulfide) groups is 1. The van der Waals surface area contributed by atoms with Crippen molar-refractivity contribution in [2.24, 2.45) is 0 Å². The Bertz CT molecular complexity index is 412. The van der Waals surface area contributed by atoms with Gasteiger partial charge in [0.05, 0.1) is 0 Å². The second-order valence-corrected chi connectivity index (χ2v) is 6.61. The summed E-state index contributed by atoms with van der Waals surface area (Å²) in [5, 5.41) is 0. The minimum atomic E-state index is 0.792. The fourth-order valence-corrected chi connectivity index (χ4v) is 3.95. The average molecular weight is 278 g/mol. The van der Waals surface area contributed by atoms with Crippen LogP contribution in [0.15, 0.2) is 12.4 Å². The van der Waals surface area contributed by atoms with Crippen molar-refractivity contribution < 1.29 is 0 Å². The Morgan fingerprint density at radius 3 is 2.53 bits per heavy atom. The fraction of sp³-hybridized carbons (Fsp3) is 0.714. The first-order chi connectivity index (χ1) is 9.33. The zero-order valence-electron chi connectivity index (χ0n) is 11.6. The summed E-state index contributed by atoms with van der Waals surface area (Å²) in [7, 11) is 0. The molecular weight excluding hydrogens is 256 g/mol. The normalized spacial score (nSPS) is 22.7. The van der Waals surface area contributed by atoms with Gasteiger partial charge in [-0.05, 0) is 19.8 Å². The maximum Gasteiger partial charge on any atom is 0.132 e. The predicted molar refractivity (Wildman–Crippen MR) is 80.9 cm³/mol. The molecule has 5 heteroatoms. The van der Waals surface area contributed by atoms with E-state index in [9.17, 15) is 0 Å². The Kier molecular flexibility index (Phi) is 4.23. The van der Waals surface area contributed by atoms with Crippen molar-refractivity contribution in [3.05, 3.63) is 18.1 Å². The molecule has 0 atom stereocenters. The molecule has 0 aromatic carbocycles. The highest BCUT2D eigenvalue weighted by molar-refractivity contribution is 7.99. The standard InChI is InChI=1S/C14H22N4S/c1-12-10-14(16-11-15-12)18-4-2-13(3-5-18)17-6-8-19-9-7-17/h10-11,13H,2-9H2,1H3. The van der Waals surface area contributed by atoms with Gasteiger partial charge in [0.25, 0.3) is 0 Å².